The molecule has 3 rings (SSSR count). The Hall–Kier alpha value is -2.44. The minimum absolute atomic E-state index is 0.737. The predicted molar refractivity (Wildman–Crippen MR) is 70.9 cm³/mol. The molecule has 19 heavy (non-hydrogen) atoms. The third-order valence-corrected chi connectivity index (χ3v) is 2.80. The first-order valence-electron chi connectivity index (χ1n) is 6.12. The Bertz CT molecular complexity index is 697. The molecule has 0 aliphatic rings. The molecule has 98 valence electrons. The van der Waals surface area contributed by atoms with Crippen LogP contribution < -0.4 is 5.32 Å². The summed E-state index contributed by atoms with van der Waals surface area (Å²) >= 11 is 0. The third-order valence-electron chi connectivity index (χ3n) is 2.80. The molecule has 0 unspecified atom stereocenters. The Morgan fingerprint density at radius 2 is 2.16 bits per heavy atom. The van der Waals surface area contributed by atoms with Crippen molar-refractivity contribution in [2.75, 3.05) is 11.9 Å². The Balaban J connectivity index is 1.71. The van der Waals surface area contributed by atoms with Gasteiger partial charge in [-0.15, -0.1) is 0 Å². The maximum Gasteiger partial charge on any atom is 0.152 e. The van der Waals surface area contributed by atoms with Gasteiger partial charge in [0.2, 0.25) is 0 Å². The molecule has 1 N–H and O–H groups in total. The lowest BCUT2D eigenvalue weighted by Gasteiger charge is -2.05. The highest BCUT2D eigenvalue weighted by atomic mass is 15.3. The topological polar surface area (TPSA) is 72.9 Å². The van der Waals surface area contributed by atoms with Gasteiger partial charge in [0.15, 0.2) is 11.6 Å². The van der Waals surface area contributed by atoms with Crippen molar-refractivity contribution in [1.29, 1.82) is 0 Å². The van der Waals surface area contributed by atoms with Crippen LogP contribution in [0.5, 0.6) is 0 Å². The number of hydrogen-bond acceptors (Lipinski definition) is 5. The van der Waals surface area contributed by atoms with Gasteiger partial charge in [0.05, 0.1) is 5.69 Å². The first-order valence-corrected chi connectivity index (χ1v) is 6.12. The molecule has 0 atom stereocenters. The van der Waals surface area contributed by atoms with Crippen molar-refractivity contribution in [1.82, 2.24) is 29.4 Å². The lowest BCUT2D eigenvalue weighted by molar-refractivity contribution is 0.741. The Morgan fingerprint density at radius 1 is 1.26 bits per heavy atom. The highest BCUT2D eigenvalue weighted by Gasteiger charge is 2.05. The van der Waals surface area contributed by atoms with Crippen LogP contribution in [-0.4, -0.2) is 35.9 Å². The summed E-state index contributed by atoms with van der Waals surface area (Å²) in [4.78, 5) is 8.53. The van der Waals surface area contributed by atoms with E-state index in [0.717, 1.165) is 35.8 Å². The fourth-order valence-electron chi connectivity index (χ4n) is 1.97. The van der Waals surface area contributed by atoms with Gasteiger partial charge < -0.3 is 5.32 Å². The molecule has 0 fully saturated rings. The molecule has 0 aliphatic carbocycles. The molecule has 0 bridgehead atoms. The van der Waals surface area contributed by atoms with Crippen LogP contribution in [0.25, 0.3) is 5.52 Å². The van der Waals surface area contributed by atoms with Crippen molar-refractivity contribution < 1.29 is 0 Å². The van der Waals surface area contributed by atoms with Gasteiger partial charge in [0.25, 0.3) is 0 Å². The van der Waals surface area contributed by atoms with Crippen LogP contribution in [0.15, 0.2) is 24.8 Å². The van der Waals surface area contributed by atoms with Crippen LogP contribution in [0.3, 0.4) is 0 Å². The summed E-state index contributed by atoms with van der Waals surface area (Å²) in [5.74, 6) is 1.66. The average molecular weight is 257 g/mol. The van der Waals surface area contributed by atoms with Crippen LogP contribution in [0, 0.1) is 6.92 Å². The van der Waals surface area contributed by atoms with Gasteiger partial charge >= 0.3 is 0 Å². The number of rotatable bonds is 4. The molecule has 7 nitrogen and oxygen atoms in total. The number of hydrogen-bond donors (Lipinski definition) is 1. The van der Waals surface area contributed by atoms with E-state index in [4.69, 9.17) is 0 Å². The molecule has 3 aromatic rings. The quantitative estimate of drug-likeness (QED) is 0.749. The van der Waals surface area contributed by atoms with Gasteiger partial charge in [-0.3, -0.25) is 4.68 Å². The monoisotopic (exact) mass is 257 g/mol. The van der Waals surface area contributed by atoms with Gasteiger partial charge in [-0.2, -0.15) is 10.2 Å². The van der Waals surface area contributed by atoms with Crippen LogP contribution in [0.4, 0.5) is 5.82 Å². The molecule has 7 heteroatoms. The first kappa shape index (κ1) is 11.6. The third kappa shape index (κ3) is 2.40. The zero-order valence-corrected chi connectivity index (χ0v) is 10.9. The van der Waals surface area contributed by atoms with E-state index >= 15 is 0 Å². The Morgan fingerprint density at radius 3 is 2.95 bits per heavy atom. The first-order chi connectivity index (χ1) is 9.22. The highest BCUT2D eigenvalue weighted by molar-refractivity contribution is 5.67. The van der Waals surface area contributed by atoms with Crippen LogP contribution in [-0.2, 0) is 13.5 Å². The van der Waals surface area contributed by atoms with Crippen LogP contribution in [0.1, 0.15) is 11.5 Å². The average Bonchev–Trinajstić information content (AvgIpc) is 2.95. The molecule has 0 aromatic carbocycles. The van der Waals surface area contributed by atoms with E-state index in [1.54, 1.807) is 17.2 Å². The lowest BCUT2D eigenvalue weighted by Crippen LogP contribution is -2.08. The summed E-state index contributed by atoms with van der Waals surface area (Å²) in [6.07, 6.45) is 6.04. The summed E-state index contributed by atoms with van der Waals surface area (Å²) in [5.41, 5.74) is 1.96. The van der Waals surface area contributed by atoms with Crippen molar-refractivity contribution >= 4 is 11.3 Å². The fourth-order valence-corrected chi connectivity index (χ4v) is 1.97. The number of fused-ring (bicyclic) bond motifs is 1. The van der Waals surface area contributed by atoms with Crippen molar-refractivity contribution in [3.05, 3.63) is 36.3 Å². The molecule has 0 amide bonds. The summed E-state index contributed by atoms with van der Waals surface area (Å²) in [6, 6.07) is 2.01. The zero-order chi connectivity index (χ0) is 13.2. The standard InChI is InChI=1S/C12H15N7/c1-9-7-10-12(14-5-6-19(10)16-9)13-4-3-11-15-8-18(2)17-11/h5-8H,3-4H2,1-2H3,(H,13,14). The number of nitrogens with zero attached hydrogens (tertiary/aromatic N) is 6. The molecular weight excluding hydrogens is 242 g/mol. The van der Waals surface area contributed by atoms with Gasteiger partial charge in [-0.05, 0) is 13.0 Å². The normalized spacial score (nSPS) is 11.1. The molecule has 0 aliphatic heterocycles. The molecule has 0 saturated heterocycles. The van der Waals surface area contributed by atoms with Gasteiger partial charge in [0, 0.05) is 32.4 Å². The van der Waals surface area contributed by atoms with E-state index in [9.17, 15) is 0 Å². The minimum atomic E-state index is 0.737. The SMILES string of the molecule is Cc1cc2c(NCCc3ncn(C)n3)nccn2n1. The van der Waals surface area contributed by atoms with Crippen molar-refractivity contribution in [3.63, 3.8) is 0 Å². The number of anilines is 1. The fraction of sp³-hybridized carbons (Fsp3) is 0.333. The molecule has 0 radical (unpaired) electrons. The second-order valence-corrected chi connectivity index (χ2v) is 4.40. The molecule has 3 aromatic heterocycles. The number of nitrogens with one attached hydrogen (secondary N) is 1. The lowest BCUT2D eigenvalue weighted by atomic mass is 10.3. The van der Waals surface area contributed by atoms with Crippen LogP contribution in [0.2, 0.25) is 0 Å². The van der Waals surface area contributed by atoms with E-state index in [0.29, 0.717) is 0 Å². The minimum Gasteiger partial charge on any atom is -0.368 e. The predicted octanol–water partition coefficient (Wildman–Crippen LogP) is 0.821. The molecule has 3 heterocycles. The van der Waals surface area contributed by atoms with Crippen molar-refractivity contribution in [2.24, 2.45) is 7.05 Å². The Kier molecular flexibility index (Phi) is 2.86. The Labute approximate surface area is 110 Å². The zero-order valence-electron chi connectivity index (χ0n) is 10.9. The summed E-state index contributed by atoms with van der Waals surface area (Å²) < 4.78 is 3.53. The van der Waals surface area contributed by atoms with Gasteiger partial charge in [-0.1, -0.05) is 0 Å². The van der Waals surface area contributed by atoms with E-state index in [-0.39, 0.29) is 0 Å². The largest absolute Gasteiger partial charge is 0.368 e. The van der Waals surface area contributed by atoms with Crippen molar-refractivity contribution in [2.45, 2.75) is 13.3 Å². The molecular formula is C12H15N7. The molecule has 0 spiro atoms. The van der Waals surface area contributed by atoms with E-state index in [1.165, 1.54) is 0 Å². The van der Waals surface area contributed by atoms with E-state index in [1.807, 2.05) is 30.8 Å². The summed E-state index contributed by atoms with van der Waals surface area (Å²) in [7, 11) is 1.86. The smallest absolute Gasteiger partial charge is 0.152 e. The van der Waals surface area contributed by atoms with E-state index < -0.39 is 0 Å². The highest BCUT2D eigenvalue weighted by Crippen LogP contribution is 2.14. The van der Waals surface area contributed by atoms with Gasteiger partial charge in [0.1, 0.15) is 11.8 Å². The number of aromatic nitrogens is 6. The van der Waals surface area contributed by atoms with Crippen LogP contribution >= 0.6 is 0 Å². The molecule has 0 saturated carbocycles. The maximum absolute atomic E-state index is 4.35. The maximum atomic E-state index is 4.35. The summed E-state index contributed by atoms with van der Waals surface area (Å²) in [5, 5.41) is 11.9. The van der Waals surface area contributed by atoms with E-state index in [2.05, 4.69) is 25.5 Å². The van der Waals surface area contributed by atoms with Crippen molar-refractivity contribution in [3.8, 4) is 0 Å². The second kappa shape index (κ2) is 4.68. The van der Waals surface area contributed by atoms with Gasteiger partial charge in [-0.25, -0.2) is 14.5 Å². The number of aryl methyl sites for hydroxylation is 2. The second-order valence-electron chi connectivity index (χ2n) is 4.40. The summed E-state index contributed by atoms with van der Waals surface area (Å²) in [6.45, 7) is 2.70.